The van der Waals surface area contributed by atoms with Crippen molar-refractivity contribution >= 4 is 11.8 Å². The van der Waals surface area contributed by atoms with Gasteiger partial charge in [-0.15, -0.1) is 0 Å². The van der Waals surface area contributed by atoms with Crippen LogP contribution in [0.5, 0.6) is 0 Å². The number of hydrogen-bond donors (Lipinski definition) is 2. The summed E-state index contributed by atoms with van der Waals surface area (Å²) >= 11 is 0. The second-order valence-corrected chi connectivity index (χ2v) is 5.38. The van der Waals surface area contributed by atoms with Crippen LogP contribution in [-0.2, 0) is 9.59 Å². The number of amides is 2. The molecule has 1 aliphatic rings. The fraction of sp³-hybridized carbons (Fsp3) is 0.818. The lowest BCUT2D eigenvalue weighted by atomic mass is 10.1. The Balaban J connectivity index is 2.43. The molecule has 92 valence electrons. The van der Waals surface area contributed by atoms with Gasteiger partial charge in [-0.05, 0) is 33.2 Å². The Kier molecular flexibility index (Phi) is 3.91. The molecule has 0 spiro atoms. The Morgan fingerprint density at radius 2 is 2.19 bits per heavy atom. The number of likely N-dealkylation sites (tertiary alicyclic amines) is 1. The van der Waals surface area contributed by atoms with Crippen molar-refractivity contribution in [3.63, 3.8) is 0 Å². The fourth-order valence-corrected chi connectivity index (χ4v) is 1.80. The Labute approximate surface area is 96.4 Å². The van der Waals surface area contributed by atoms with Crippen LogP contribution in [0.2, 0.25) is 0 Å². The van der Waals surface area contributed by atoms with Crippen molar-refractivity contribution in [1.29, 1.82) is 0 Å². The Hall–Kier alpha value is -1.10. The molecule has 1 atom stereocenters. The second kappa shape index (κ2) is 4.82. The smallest absolute Gasteiger partial charge is 0.240 e. The summed E-state index contributed by atoms with van der Waals surface area (Å²) in [5.41, 5.74) is 5.25. The average Bonchev–Trinajstić information content (AvgIpc) is 2.44. The van der Waals surface area contributed by atoms with Crippen LogP contribution in [0.3, 0.4) is 0 Å². The van der Waals surface area contributed by atoms with Crippen molar-refractivity contribution in [2.75, 3.05) is 19.6 Å². The molecule has 2 amide bonds. The van der Waals surface area contributed by atoms with Gasteiger partial charge >= 0.3 is 0 Å². The lowest BCUT2D eigenvalue weighted by Gasteiger charge is -2.23. The van der Waals surface area contributed by atoms with Gasteiger partial charge in [0, 0.05) is 18.5 Å². The molecule has 0 aromatic carbocycles. The number of carbonyl (C=O) groups excluding carboxylic acids is 2. The topological polar surface area (TPSA) is 75.4 Å². The summed E-state index contributed by atoms with van der Waals surface area (Å²) in [6, 6.07) is 0. The quantitative estimate of drug-likeness (QED) is 0.695. The summed E-state index contributed by atoms with van der Waals surface area (Å²) in [7, 11) is 0. The summed E-state index contributed by atoms with van der Waals surface area (Å²) in [6.07, 6.45) is 0.472. The van der Waals surface area contributed by atoms with Gasteiger partial charge in [0.05, 0.1) is 6.54 Å². The number of nitrogens with zero attached hydrogens (tertiary/aromatic N) is 1. The van der Waals surface area contributed by atoms with Crippen molar-refractivity contribution in [3.05, 3.63) is 0 Å². The first-order chi connectivity index (χ1) is 7.31. The zero-order chi connectivity index (χ0) is 12.3. The maximum Gasteiger partial charge on any atom is 0.240 e. The van der Waals surface area contributed by atoms with Crippen LogP contribution in [-0.4, -0.2) is 41.9 Å². The molecule has 1 unspecified atom stereocenters. The molecule has 3 N–H and O–H groups in total. The molecule has 1 rings (SSSR count). The van der Waals surface area contributed by atoms with Gasteiger partial charge in [-0.1, -0.05) is 0 Å². The first-order valence-corrected chi connectivity index (χ1v) is 5.60. The highest BCUT2D eigenvalue weighted by atomic mass is 16.2. The number of nitrogens with one attached hydrogen (secondary N) is 1. The third-order valence-corrected chi connectivity index (χ3v) is 2.48. The zero-order valence-corrected chi connectivity index (χ0v) is 10.2. The Morgan fingerprint density at radius 1 is 1.56 bits per heavy atom. The Bertz CT molecular complexity index is 283. The molecule has 5 nitrogen and oxygen atoms in total. The van der Waals surface area contributed by atoms with Gasteiger partial charge in [0.2, 0.25) is 11.8 Å². The van der Waals surface area contributed by atoms with Crippen LogP contribution in [0.15, 0.2) is 0 Å². The normalized spacial score (nSPS) is 21.4. The molecule has 0 radical (unpaired) electrons. The molecule has 0 aliphatic carbocycles. The van der Waals surface area contributed by atoms with E-state index in [-0.39, 0.29) is 29.8 Å². The lowest BCUT2D eigenvalue weighted by Crippen LogP contribution is -2.46. The summed E-state index contributed by atoms with van der Waals surface area (Å²) in [5, 5.41) is 2.84. The molecule has 16 heavy (non-hydrogen) atoms. The highest BCUT2D eigenvalue weighted by Crippen LogP contribution is 2.15. The van der Waals surface area contributed by atoms with Crippen LogP contribution in [0.4, 0.5) is 0 Å². The van der Waals surface area contributed by atoms with E-state index >= 15 is 0 Å². The van der Waals surface area contributed by atoms with E-state index in [2.05, 4.69) is 5.32 Å². The summed E-state index contributed by atoms with van der Waals surface area (Å²) in [5.74, 6) is 0.118. The summed E-state index contributed by atoms with van der Waals surface area (Å²) in [6.45, 7) is 7.00. The molecular weight excluding hydrogens is 206 g/mol. The molecule has 5 heteroatoms. The van der Waals surface area contributed by atoms with Crippen molar-refractivity contribution in [2.24, 2.45) is 11.7 Å². The predicted octanol–water partition coefficient (Wildman–Crippen LogP) is -0.292. The van der Waals surface area contributed by atoms with E-state index in [1.54, 1.807) is 4.90 Å². The molecular formula is C11H21N3O2. The van der Waals surface area contributed by atoms with Crippen molar-refractivity contribution < 1.29 is 9.59 Å². The third-order valence-electron chi connectivity index (χ3n) is 2.48. The fourth-order valence-electron chi connectivity index (χ4n) is 1.80. The standard InChI is InChI=1S/C11H21N3O2/c1-11(2,3)13-9(15)7-14-6-8(5-12)4-10(14)16/h8H,4-7,12H2,1-3H3,(H,13,15). The number of hydrogen-bond acceptors (Lipinski definition) is 3. The van der Waals surface area contributed by atoms with E-state index in [1.807, 2.05) is 20.8 Å². The van der Waals surface area contributed by atoms with E-state index in [0.717, 1.165) is 0 Å². The number of carbonyl (C=O) groups is 2. The van der Waals surface area contributed by atoms with Crippen LogP contribution >= 0.6 is 0 Å². The highest BCUT2D eigenvalue weighted by molar-refractivity contribution is 5.86. The SMILES string of the molecule is CC(C)(C)NC(=O)CN1CC(CN)CC1=O. The van der Waals surface area contributed by atoms with Gasteiger partial charge in [0.1, 0.15) is 0 Å². The minimum Gasteiger partial charge on any atom is -0.350 e. The molecule has 0 aromatic heterocycles. The maximum absolute atomic E-state index is 11.6. The third kappa shape index (κ3) is 3.81. The molecule has 0 bridgehead atoms. The molecule has 0 aromatic rings. The van der Waals surface area contributed by atoms with Crippen LogP contribution in [0, 0.1) is 5.92 Å². The van der Waals surface area contributed by atoms with Crippen LogP contribution < -0.4 is 11.1 Å². The van der Waals surface area contributed by atoms with Crippen LogP contribution in [0.1, 0.15) is 27.2 Å². The summed E-state index contributed by atoms with van der Waals surface area (Å²) < 4.78 is 0. The van der Waals surface area contributed by atoms with E-state index in [1.165, 1.54) is 0 Å². The maximum atomic E-state index is 11.6. The van der Waals surface area contributed by atoms with Gasteiger partial charge in [-0.25, -0.2) is 0 Å². The number of rotatable bonds is 3. The zero-order valence-electron chi connectivity index (χ0n) is 10.2. The number of nitrogens with two attached hydrogens (primary N) is 1. The molecule has 1 aliphatic heterocycles. The van der Waals surface area contributed by atoms with E-state index < -0.39 is 0 Å². The van der Waals surface area contributed by atoms with E-state index in [9.17, 15) is 9.59 Å². The summed E-state index contributed by atoms with van der Waals surface area (Å²) in [4.78, 5) is 24.7. The largest absolute Gasteiger partial charge is 0.350 e. The molecule has 1 heterocycles. The Morgan fingerprint density at radius 3 is 2.62 bits per heavy atom. The minimum absolute atomic E-state index is 0.0273. The highest BCUT2D eigenvalue weighted by Gasteiger charge is 2.30. The predicted molar refractivity (Wildman–Crippen MR) is 61.6 cm³/mol. The van der Waals surface area contributed by atoms with Crippen molar-refractivity contribution in [1.82, 2.24) is 10.2 Å². The lowest BCUT2D eigenvalue weighted by molar-refractivity contribution is -0.133. The van der Waals surface area contributed by atoms with Crippen LogP contribution in [0.25, 0.3) is 0 Å². The van der Waals surface area contributed by atoms with Gasteiger partial charge in [-0.3, -0.25) is 9.59 Å². The molecule has 1 saturated heterocycles. The van der Waals surface area contributed by atoms with E-state index in [4.69, 9.17) is 5.73 Å². The average molecular weight is 227 g/mol. The second-order valence-electron chi connectivity index (χ2n) is 5.38. The van der Waals surface area contributed by atoms with Gasteiger partial charge < -0.3 is 16.0 Å². The first-order valence-electron chi connectivity index (χ1n) is 5.60. The van der Waals surface area contributed by atoms with Gasteiger partial charge in [0.25, 0.3) is 0 Å². The first kappa shape index (κ1) is 13.0. The minimum atomic E-state index is -0.257. The van der Waals surface area contributed by atoms with E-state index in [0.29, 0.717) is 19.5 Å². The monoisotopic (exact) mass is 227 g/mol. The van der Waals surface area contributed by atoms with Gasteiger partial charge in [0.15, 0.2) is 0 Å². The van der Waals surface area contributed by atoms with Gasteiger partial charge in [-0.2, -0.15) is 0 Å². The molecule has 1 fully saturated rings. The van der Waals surface area contributed by atoms with Crippen molar-refractivity contribution in [2.45, 2.75) is 32.7 Å². The molecule has 0 saturated carbocycles. The van der Waals surface area contributed by atoms with Crippen molar-refractivity contribution in [3.8, 4) is 0 Å².